The quantitative estimate of drug-likeness (QED) is 0.445. The van der Waals surface area contributed by atoms with E-state index in [0.717, 1.165) is 6.42 Å². The molecule has 0 fully saturated rings. The van der Waals surface area contributed by atoms with Gasteiger partial charge in [-0.25, -0.2) is 0 Å². The second-order valence-corrected chi connectivity index (χ2v) is 5.26. The lowest BCUT2D eigenvalue weighted by atomic mass is 10.1. The van der Waals surface area contributed by atoms with E-state index in [1.54, 1.807) is 0 Å². The van der Waals surface area contributed by atoms with E-state index in [1.165, 1.54) is 48.3 Å². The molecule has 0 bridgehead atoms. The van der Waals surface area contributed by atoms with Gasteiger partial charge < -0.3 is 0 Å². The summed E-state index contributed by atoms with van der Waals surface area (Å²) in [4.78, 5) is 1.48. The van der Waals surface area contributed by atoms with E-state index in [2.05, 4.69) is 38.1 Å². The number of benzene rings is 1. The molecule has 1 radical (unpaired) electrons. The van der Waals surface area contributed by atoms with Crippen LogP contribution in [0.2, 0.25) is 0 Å². The highest BCUT2D eigenvalue weighted by Gasteiger charge is 2.01. The van der Waals surface area contributed by atoms with Gasteiger partial charge >= 0.3 is 0 Å². The highest BCUT2D eigenvalue weighted by atomic mass is 32.2. The number of aryl methyl sites for hydroxylation is 1. The third-order valence-corrected chi connectivity index (χ3v) is 3.88. The predicted octanol–water partition coefficient (Wildman–Crippen LogP) is 5.13. The van der Waals surface area contributed by atoms with Crippen LogP contribution in [-0.2, 0) is 6.42 Å². The first-order valence-electron chi connectivity index (χ1n) is 6.38. The van der Waals surface area contributed by atoms with Crippen LogP contribution in [-0.4, -0.2) is 5.75 Å². The Morgan fingerprint density at radius 1 is 1.12 bits per heavy atom. The average Bonchev–Trinajstić information content (AvgIpc) is 2.33. The van der Waals surface area contributed by atoms with Gasteiger partial charge in [0.2, 0.25) is 0 Å². The SMILES string of the molecule is [CH2]CCCc1ccccc1SCCCCC. The molecule has 0 aliphatic carbocycles. The van der Waals surface area contributed by atoms with Gasteiger partial charge in [-0.3, -0.25) is 0 Å². The van der Waals surface area contributed by atoms with Gasteiger partial charge in [0.25, 0.3) is 0 Å². The fourth-order valence-corrected chi connectivity index (χ4v) is 2.80. The van der Waals surface area contributed by atoms with E-state index >= 15 is 0 Å². The molecule has 0 saturated heterocycles. The van der Waals surface area contributed by atoms with E-state index < -0.39 is 0 Å². The first-order valence-corrected chi connectivity index (χ1v) is 7.37. The lowest BCUT2D eigenvalue weighted by Crippen LogP contribution is -1.89. The minimum atomic E-state index is 1.04. The Kier molecular flexibility index (Phi) is 7.41. The van der Waals surface area contributed by atoms with Crippen molar-refractivity contribution in [2.75, 3.05) is 5.75 Å². The van der Waals surface area contributed by atoms with Crippen molar-refractivity contribution in [1.82, 2.24) is 0 Å². The Bertz CT molecular complexity index is 281. The first-order chi connectivity index (χ1) is 7.88. The Balaban J connectivity index is 2.43. The van der Waals surface area contributed by atoms with Crippen molar-refractivity contribution in [3.8, 4) is 0 Å². The third-order valence-electron chi connectivity index (χ3n) is 2.67. The summed E-state index contributed by atoms with van der Waals surface area (Å²) in [5.41, 5.74) is 1.51. The fourth-order valence-electron chi connectivity index (χ4n) is 1.70. The summed E-state index contributed by atoms with van der Waals surface area (Å²) < 4.78 is 0. The lowest BCUT2D eigenvalue weighted by molar-refractivity contribution is 0.778. The molecule has 0 atom stereocenters. The van der Waals surface area contributed by atoms with Gasteiger partial charge in [-0.1, -0.05) is 51.3 Å². The maximum atomic E-state index is 3.91. The minimum absolute atomic E-state index is 1.04. The number of thioether (sulfide) groups is 1. The molecule has 0 heterocycles. The molecule has 0 aromatic heterocycles. The molecule has 0 spiro atoms. The Morgan fingerprint density at radius 3 is 2.69 bits per heavy atom. The molecule has 16 heavy (non-hydrogen) atoms. The molecular formula is C15H23S. The summed E-state index contributed by atoms with van der Waals surface area (Å²) in [6.45, 7) is 6.17. The molecular weight excluding hydrogens is 212 g/mol. The zero-order valence-corrected chi connectivity index (χ0v) is 11.2. The molecule has 0 nitrogen and oxygen atoms in total. The van der Waals surface area contributed by atoms with Gasteiger partial charge in [0, 0.05) is 4.90 Å². The third kappa shape index (κ3) is 5.07. The predicted molar refractivity (Wildman–Crippen MR) is 75.0 cm³/mol. The molecule has 0 amide bonds. The summed E-state index contributed by atoms with van der Waals surface area (Å²) >= 11 is 2.02. The van der Waals surface area contributed by atoms with E-state index in [4.69, 9.17) is 0 Å². The summed E-state index contributed by atoms with van der Waals surface area (Å²) in [5, 5.41) is 0. The Labute approximate surface area is 105 Å². The second kappa shape index (κ2) is 8.69. The second-order valence-electron chi connectivity index (χ2n) is 4.12. The van der Waals surface area contributed by atoms with Crippen molar-refractivity contribution < 1.29 is 0 Å². The minimum Gasteiger partial charge on any atom is -0.126 e. The topological polar surface area (TPSA) is 0 Å². The molecule has 0 aliphatic heterocycles. The fraction of sp³-hybridized carbons (Fsp3) is 0.533. The van der Waals surface area contributed by atoms with E-state index in [1.807, 2.05) is 11.8 Å². The smallest absolute Gasteiger partial charge is 0.0104 e. The highest BCUT2D eigenvalue weighted by molar-refractivity contribution is 7.99. The molecule has 1 aromatic rings. The molecule has 0 N–H and O–H groups in total. The zero-order chi connectivity index (χ0) is 11.6. The largest absolute Gasteiger partial charge is 0.126 e. The van der Waals surface area contributed by atoms with Gasteiger partial charge in [-0.05, 0) is 36.6 Å². The van der Waals surface area contributed by atoms with Crippen molar-refractivity contribution in [3.05, 3.63) is 36.8 Å². The van der Waals surface area contributed by atoms with Gasteiger partial charge in [-0.15, -0.1) is 11.8 Å². The highest BCUT2D eigenvalue weighted by Crippen LogP contribution is 2.25. The van der Waals surface area contributed by atoms with Crippen molar-refractivity contribution in [3.63, 3.8) is 0 Å². The molecule has 0 unspecified atom stereocenters. The molecule has 1 rings (SSSR count). The van der Waals surface area contributed by atoms with Gasteiger partial charge in [-0.2, -0.15) is 0 Å². The van der Waals surface area contributed by atoms with Crippen LogP contribution in [0, 0.1) is 6.92 Å². The lowest BCUT2D eigenvalue weighted by Gasteiger charge is -2.08. The van der Waals surface area contributed by atoms with E-state index in [-0.39, 0.29) is 0 Å². The van der Waals surface area contributed by atoms with Crippen molar-refractivity contribution in [1.29, 1.82) is 0 Å². The monoisotopic (exact) mass is 235 g/mol. The normalized spacial score (nSPS) is 10.6. The van der Waals surface area contributed by atoms with Crippen molar-refractivity contribution >= 4 is 11.8 Å². The van der Waals surface area contributed by atoms with Crippen LogP contribution < -0.4 is 0 Å². The van der Waals surface area contributed by atoms with Crippen LogP contribution in [0.3, 0.4) is 0 Å². The average molecular weight is 235 g/mol. The van der Waals surface area contributed by atoms with Gasteiger partial charge in [0.1, 0.15) is 0 Å². The van der Waals surface area contributed by atoms with Crippen LogP contribution in [0.15, 0.2) is 29.2 Å². The molecule has 1 heteroatoms. The van der Waals surface area contributed by atoms with Gasteiger partial charge in [0.05, 0.1) is 0 Å². The summed E-state index contributed by atoms with van der Waals surface area (Å²) in [6, 6.07) is 8.82. The van der Waals surface area contributed by atoms with Crippen LogP contribution in [0.25, 0.3) is 0 Å². The Hall–Kier alpha value is -0.430. The van der Waals surface area contributed by atoms with Crippen LogP contribution in [0.1, 0.15) is 44.6 Å². The number of hydrogen-bond donors (Lipinski definition) is 0. The summed E-state index contributed by atoms with van der Waals surface area (Å²) in [6.07, 6.45) is 7.42. The van der Waals surface area contributed by atoms with E-state index in [9.17, 15) is 0 Å². The molecule has 1 aromatic carbocycles. The standard InChI is InChI=1S/C15H23S/c1-3-5-9-13-16-15-12-8-7-11-14(15)10-6-4-2/h7-8,11-12H,2-6,9-10,13H2,1H3. The number of rotatable bonds is 8. The zero-order valence-electron chi connectivity index (χ0n) is 10.4. The molecule has 0 aliphatic rings. The summed E-state index contributed by atoms with van der Waals surface area (Å²) in [7, 11) is 0. The van der Waals surface area contributed by atoms with Crippen LogP contribution in [0.4, 0.5) is 0 Å². The molecule has 0 saturated carbocycles. The van der Waals surface area contributed by atoms with Crippen LogP contribution in [0.5, 0.6) is 0 Å². The van der Waals surface area contributed by atoms with Crippen LogP contribution >= 0.6 is 11.8 Å². The number of hydrogen-bond acceptors (Lipinski definition) is 1. The van der Waals surface area contributed by atoms with Gasteiger partial charge in [0.15, 0.2) is 0 Å². The number of unbranched alkanes of at least 4 members (excludes halogenated alkanes) is 3. The summed E-state index contributed by atoms with van der Waals surface area (Å²) in [5.74, 6) is 1.26. The van der Waals surface area contributed by atoms with E-state index in [0.29, 0.717) is 0 Å². The first kappa shape index (κ1) is 13.6. The van der Waals surface area contributed by atoms with Crippen molar-refractivity contribution in [2.24, 2.45) is 0 Å². The van der Waals surface area contributed by atoms with Crippen molar-refractivity contribution in [2.45, 2.75) is 50.3 Å². The molecule has 89 valence electrons. The Morgan fingerprint density at radius 2 is 1.94 bits per heavy atom. The maximum absolute atomic E-state index is 3.91. The maximum Gasteiger partial charge on any atom is 0.0104 e.